The van der Waals surface area contributed by atoms with Gasteiger partial charge in [0.05, 0.1) is 5.92 Å². The van der Waals surface area contributed by atoms with E-state index in [1.807, 2.05) is 37.3 Å². The van der Waals surface area contributed by atoms with Crippen molar-refractivity contribution in [2.75, 3.05) is 31.1 Å². The van der Waals surface area contributed by atoms with Gasteiger partial charge in [-0.2, -0.15) is 0 Å². The third-order valence-electron chi connectivity index (χ3n) is 4.66. The fraction of sp³-hybridized carbons (Fsp3) is 0.611. The van der Waals surface area contributed by atoms with E-state index in [9.17, 15) is 9.00 Å². The van der Waals surface area contributed by atoms with E-state index in [2.05, 4.69) is 24.1 Å². The van der Waals surface area contributed by atoms with Gasteiger partial charge in [0.2, 0.25) is 5.91 Å². The Morgan fingerprint density at radius 1 is 1.26 bits per heavy atom. The van der Waals surface area contributed by atoms with E-state index in [4.69, 9.17) is 0 Å². The average molecular weight is 337 g/mol. The van der Waals surface area contributed by atoms with Crippen molar-refractivity contribution in [2.45, 2.75) is 38.6 Å². The van der Waals surface area contributed by atoms with Gasteiger partial charge in [0.1, 0.15) is 0 Å². The Labute approximate surface area is 142 Å². The summed E-state index contributed by atoms with van der Waals surface area (Å²) in [6, 6.07) is 9.95. The number of nitrogens with one attached hydrogen (secondary N) is 1. The Hall–Kier alpha value is -1.20. The summed E-state index contributed by atoms with van der Waals surface area (Å²) in [5.41, 5.74) is 0.952. The predicted molar refractivity (Wildman–Crippen MR) is 96.0 cm³/mol. The van der Waals surface area contributed by atoms with Crippen molar-refractivity contribution in [1.82, 2.24) is 10.2 Å². The van der Waals surface area contributed by atoms with Crippen LogP contribution in [0.5, 0.6) is 0 Å². The molecule has 1 aromatic carbocycles. The maximum Gasteiger partial charge on any atom is 0.227 e. The van der Waals surface area contributed by atoms with Gasteiger partial charge >= 0.3 is 0 Å². The first kappa shape index (κ1) is 18.1. The molecule has 0 saturated carbocycles. The zero-order chi connectivity index (χ0) is 16.9. The lowest BCUT2D eigenvalue weighted by molar-refractivity contribution is -0.123. The van der Waals surface area contributed by atoms with E-state index in [0.717, 1.165) is 36.6 Å². The number of carbonyl (C=O) groups is 1. The molecule has 1 unspecified atom stereocenters. The molecule has 5 heteroatoms. The van der Waals surface area contributed by atoms with Crippen LogP contribution in [-0.2, 0) is 15.6 Å². The van der Waals surface area contributed by atoms with Crippen molar-refractivity contribution < 1.29 is 9.00 Å². The largest absolute Gasteiger partial charge is 0.354 e. The van der Waals surface area contributed by atoms with Crippen molar-refractivity contribution in [3.8, 4) is 0 Å². The summed E-state index contributed by atoms with van der Waals surface area (Å²) in [5, 5.41) is 3.12. The van der Waals surface area contributed by atoms with E-state index >= 15 is 0 Å². The molecule has 0 radical (unpaired) electrons. The molecular formula is C18H28N2O2S. The molecule has 1 aromatic rings. The third kappa shape index (κ3) is 4.88. The second-order valence-electron chi connectivity index (χ2n) is 6.74. The third-order valence-corrected chi connectivity index (χ3v) is 5.93. The maximum atomic E-state index is 12.6. The molecule has 1 heterocycles. The first-order valence-corrected chi connectivity index (χ1v) is 9.85. The lowest BCUT2D eigenvalue weighted by Gasteiger charge is -2.41. The Morgan fingerprint density at radius 3 is 2.43 bits per heavy atom. The number of rotatable bonds is 6. The number of benzene rings is 1. The first-order valence-electron chi connectivity index (χ1n) is 8.36. The second kappa shape index (κ2) is 8.06. The summed E-state index contributed by atoms with van der Waals surface area (Å²) >= 11 is 0. The molecule has 128 valence electrons. The molecule has 1 N–H and O–H groups in total. The highest BCUT2D eigenvalue weighted by atomic mass is 32.2. The van der Waals surface area contributed by atoms with Crippen molar-refractivity contribution in [3.63, 3.8) is 0 Å². The summed E-state index contributed by atoms with van der Waals surface area (Å²) in [6.45, 7) is 8.62. The topological polar surface area (TPSA) is 49.4 Å². The molecule has 1 aliphatic rings. The van der Waals surface area contributed by atoms with Crippen molar-refractivity contribution >= 4 is 16.7 Å². The molecule has 4 nitrogen and oxygen atoms in total. The maximum absolute atomic E-state index is 12.6. The smallest absolute Gasteiger partial charge is 0.227 e. The number of nitrogens with zero attached hydrogens (tertiary/aromatic N) is 1. The van der Waals surface area contributed by atoms with Gasteiger partial charge in [0.15, 0.2) is 0 Å². The van der Waals surface area contributed by atoms with Crippen molar-refractivity contribution in [2.24, 2.45) is 0 Å². The first-order chi connectivity index (χ1) is 10.9. The van der Waals surface area contributed by atoms with Crippen LogP contribution in [0.15, 0.2) is 30.3 Å². The van der Waals surface area contributed by atoms with Crippen molar-refractivity contribution in [1.29, 1.82) is 0 Å². The van der Waals surface area contributed by atoms with Crippen LogP contribution in [0.1, 0.15) is 38.7 Å². The fourth-order valence-electron chi connectivity index (χ4n) is 3.04. The SMILES string of the molecule is CCC(C(=O)NCC(C)(C)N1CCS(=O)CC1)c1ccccc1. The number of amides is 1. The highest BCUT2D eigenvalue weighted by molar-refractivity contribution is 7.85. The molecule has 0 aliphatic carbocycles. The van der Waals surface area contributed by atoms with Crippen molar-refractivity contribution in [3.05, 3.63) is 35.9 Å². The molecular weight excluding hydrogens is 308 g/mol. The van der Waals surface area contributed by atoms with Crippen LogP contribution >= 0.6 is 0 Å². The molecule has 0 aromatic heterocycles. The fourth-order valence-corrected chi connectivity index (χ4v) is 4.09. The minimum atomic E-state index is -0.671. The van der Waals surface area contributed by atoms with Gasteiger partial charge in [-0.05, 0) is 25.8 Å². The van der Waals surface area contributed by atoms with E-state index in [1.54, 1.807) is 0 Å². The predicted octanol–water partition coefficient (Wildman–Crippen LogP) is 2.14. The minimum absolute atomic E-state index is 0.0901. The molecule has 1 atom stereocenters. The standard InChI is InChI=1S/C18H28N2O2S/c1-4-16(15-8-6-5-7-9-15)17(21)19-14-18(2,3)20-10-12-23(22)13-11-20/h5-9,16H,4,10-14H2,1-3H3,(H,19,21). The highest BCUT2D eigenvalue weighted by Gasteiger charge is 2.30. The van der Waals surface area contributed by atoms with Crippen LogP contribution in [0.2, 0.25) is 0 Å². The van der Waals surface area contributed by atoms with E-state index < -0.39 is 10.8 Å². The van der Waals surface area contributed by atoms with Gasteiger partial charge in [-0.3, -0.25) is 13.9 Å². The zero-order valence-electron chi connectivity index (χ0n) is 14.4. The normalized spacial score (nSPS) is 18.6. The van der Waals surface area contributed by atoms with Crippen LogP contribution in [-0.4, -0.2) is 51.7 Å². The summed E-state index contributed by atoms with van der Waals surface area (Å²) in [6.07, 6.45) is 0.791. The Bertz CT molecular complexity index is 535. The lowest BCUT2D eigenvalue weighted by Crippen LogP contribution is -2.56. The molecule has 1 aliphatic heterocycles. The lowest BCUT2D eigenvalue weighted by atomic mass is 9.95. The number of carbonyl (C=O) groups excluding carboxylic acids is 1. The zero-order valence-corrected chi connectivity index (χ0v) is 15.2. The number of hydrogen-bond acceptors (Lipinski definition) is 3. The summed E-state index contributed by atoms with van der Waals surface area (Å²) < 4.78 is 11.5. The highest BCUT2D eigenvalue weighted by Crippen LogP contribution is 2.21. The average Bonchev–Trinajstić information content (AvgIpc) is 2.55. The van der Waals surface area contributed by atoms with Crippen LogP contribution in [0.3, 0.4) is 0 Å². The molecule has 0 bridgehead atoms. The molecule has 1 amide bonds. The van der Waals surface area contributed by atoms with E-state index in [-0.39, 0.29) is 17.4 Å². The van der Waals surface area contributed by atoms with E-state index in [1.165, 1.54) is 0 Å². The van der Waals surface area contributed by atoms with Crippen LogP contribution in [0, 0.1) is 0 Å². The molecule has 2 rings (SSSR count). The molecule has 1 fully saturated rings. The Balaban J connectivity index is 1.93. The molecule has 1 saturated heterocycles. The van der Waals surface area contributed by atoms with E-state index in [0.29, 0.717) is 6.54 Å². The van der Waals surface area contributed by atoms with Gasteiger partial charge in [-0.15, -0.1) is 0 Å². The molecule has 0 spiro atoms. The Kier molecular flexibility index (Phi) is 6.36. The monoisotopic (exact) mass is 336 g/mol. The van der Waals surface area contributed by atoms with Gasteiger partial charge in [0.25, 0.3) is 0 Å². The summed E-state index contributed by atoms with van der Waals surface area (Å²) in [4.78, 5) is 14.9. The number of hydrogen-bond donors (Lipinski definition) is 1. The van der Waals surface area contributed by atoms with Gasteiger partial charge in [0, 0.05) is 47.5 Å². The van der Waals surface area contributed by atoms with Crippen LogP contribution in [0.25, 0.3) is 0 Å². The Morgan fingerprint density at radius 2 is 1.87 bits per heavy atom. The summed E-state index contributed by atoms with van der Waals surface area (Å²) in [7, 11) is -0.671. The van der Waals surface area contributed by atoms with Crippen LogP contribution < -0.4 is 5.32 Å². The van der Waals surface area contributed by atoms with Gasteiger partial charge in [-0.25, -0.2) is 0 Å². The summed E-state index contributed by atoms with van der Waals surface area (Å²) in [5.74, 6) is 1.46. The van der Waals surface area contributed by atoms with Crippen LogP contribution in [0.4, 0.5) is 0 Å². The quantitative estimate of drug-likeness (QED) is 0.866. The second-order valence-corrected chi connectivity index (χ2v) is 8.43. The van der Waals surface area contributed by atoms with Gasteiger partial charge < -0.3 is 5.32 Å². The molecule has 23 heavy (non-hydrogen) atoms. The minimum Gasteiger partial charge on any atom is -0.354 e. The van der Waals surface area contributed by atoms with Gasteiger partial charge in [-0.1, -0.05) is 37.3 Å².